The van der Waals surface area contributed by atoms with Crippen LogP contribution < -0.4 is 9.47 Å². The van der Waals surface area contributed by atoms with Gasteiger partial charge in [0.15, 0.2) is 11.6 Å². The molecule has 0 amide bonds. The first kappa shape index (κ1) is 30.2. The first-order chi connectivity index (χ1) is 18.6. The van der Waals surface area contributed by atoms with Crippen LogP contribution in [0.3, 0.4) is 0 Å². The van der Waals surface area contributed by atoms with E-state index in [2.05, 4.69) is 13.8 Å². The molecular formula is C34H49FO3. The fourth-order valence-corrected chi connectivity index (χ4v) is 5.62. The van der Waals surface area contributed by atoms with E-state index in [1.165, 1.54) is 83.1 Å². The quantitative estimate of drug-likeness (QED) is 0.117. The second-order valence-corrected chi connectivity index (χ2v) is 11.2. The van der Waals surface area contributed by atoms with Gasteiger partial charge in [-0.15, -0.1) is 0 Å². The minimum atomic E-state index is -0.562. The Morgan fingerprint density at radius 1 is 0.789 bits per heavy atom. The minimum Gasteiger partial charge on any atom is -0.494 e. The van der Waals surface area contributed by atoms with Crippen molar-refractivity contribution >= 4 is 5.97 Å². The van der Waals surface area contributed by atoms with Crippen LogP contribution in [0.15, 0.2) is 42.5 Å². The molecule has 2 aromatic carbocycles. The maximum atomic E-state index is 14.5. The monoisotopic (exact) mass is 524 g/mol. The van der Waals surface area contributed by atoms with Crippen molar-refractivity contribution in [2.75, 3.05) is 6.61 Å². The van der Waals surface area contributed by atoms with Crippen LogP contribution in [0, 0.1) is 17.7 Å². The van der Waals surface area contributed by atoms with Gasteiger partial charge in [-0.3, -0.25) is 0 Å². The maximum Gasteiger partial charge on any atom is 0.343 e. The second kappa shape index (κ2) is 17.3. The third-order valence-corrected chi connectivity index (χ3v) is 8.07. The zero-order valence-corrected chi connectivity index (χ0v) is 23.8. The lowest BCUT2D eigenvalue weighted by atomic mass is 9.78. The molecule has 1 aliphatic carbocycles. The van der Waals surface area contributed by atoms with Crippen LogP contribution in [-0.4, -0.2) is 12.6 Å². The topological polar surface area (TPSA) is 35.5 Å². The number of carbonyl (C=O) groups excluding carboxylic acids is 1. The minimum absolute atomic E-state index is 0.0277. The van der Waals surface area contributed by atoms with Gasteiger partial charge >= 0.3 is 5.97 Å². The highest BCUT2D eigenvalue weighted by Crippen LogP contribution is 2.34. The van der Waals surface area contributed by atoms with Crippen LogP contribution in [0.25, 0.3) is 0 Å². The van der Waals surface area contributed by atoms with E-state index >= 15 is 0 Å². The number of hydrogen-bond donors (Lipinski definition) is 0. The highest BCUT2D eigenvalue weighted by Gasteiger charge is 2.20. The first-order valence-electron chi connectivity index (χ1n) is 15.3. The Labute approximate surface area is 230 Å². The van der Waals surface area contributed by atoms with Crippen LogP contribution in [-0.2, 0) is 6.42 Å². The summed E-state index contributed by atoms with van der Waals surface area (Å²) in [5, 5.41) is 0. The molecule has 0 spiro atoms. The van der Waals surface area contributed by atoms with Crippen molar-refractivity contribution in [3.8, 4) is 11.5 Å². The van der Waals surface area contributed by atoms with Crippen molar-refractivity contribution < 1.29 is 18.7 Å². The lowest BCUT2D eigenvalue weighted by molar-refractivity contribution is 0.0727. The Morgan fingerprint density at radius 2 is 1.42 bits per heavy atom. The summed E-state index contributed by atoms with van der Waals surface area (Å²) in [4.78, 5) is 12.5. The van der Waals surface area contributed by atoms with Crippen molar-refractivity contribution in [3.05, 3.63) is 59.4 Å². The molecule has 0 saturated heterocycles. The molecule has 1 saturated carbocycles. The smallest absolute Gasteiger partial charge is 0.343 e. The van der Waals surface area contributed by atoms with Crippen molar-refractivity contribution in [2.45, 2.75) is 117 Å². The fraction of sp³-hybridized carbons (Fsp3) is 0.618. The van der Waals surface area contributed by atoms with Crippen molar-refractivity contribution in [3.63, 3.8) is 0 Å². The number of unbranched alkanes of at least 4 members (excludes halogenated alkanes) is 6. The van der Waals surface area contributed by atoms with Gasteiger partial charge in [0.25, 0.3) is 0 Å². The Balaban J connectivity index is 1.34. The molecule has 0 N–H and O–H groups in total. The number of rotatable bonds is 17. The lowest BCUT2D eigenvalue weighted by Gasteiger charge is -2.28. The summed E-state index contributed by atoms with van der Waals surface area (Å²) in [6, 6.07) is 11.8. The van der Waals surface area contributed by atoms with Crippen molar-refractivity contribution in [1.29, 1.82) is 0 Å². The summed E-state index contributed by atoms with van der Waals surface area (Å²) in [5.74, 6) is 1.47. The molecule has 210 valence electrons. The molecule has 3 rings (SSSR count). The van der Waals surface area contributed by atoms with E-state index in [9.17, 15) is 9.18 Å². The molecule has 0 radical (unpaired) electrons. The number of halogens is 1. The summed E-state index contributed by atoms with van der Waals surface area (Å²) in [6.07, 6.45) is 20.1. The molecule has 0 unspecified atom stereocenters. The third-order valence-electron chi connectivity index (χ3n) is 8.07. The number of aryl methyl sites for hydroxylation is 1. The molecule has 0 aromatic heterocycles. The number of esters is 1. The van der Waals surface area contributed by atoms with Crippen LogP contribution in [0.2, 0.25) is 0 Å². The van der Waals surface area contributed by atoms with Gasteiger partial charge in [0.1, 0.15) is 5.75 Å². The molecule has 38 heavy (non-hydrogen) atoms. The third kappa shape index (κ3) is 10.8. The SMILES string of the molecule is CCCCCCCc1ccc(OC(=O)c2ccc(OCCCC3CCC(CCCCC)CC3)cc2)c(F)c1. The summed E-state index contributed by atoms with van der Waals surface area (Å²) in [5.41, 5.74) is 1.32. The normalized spacial score (nSPS) is 17.3. The highest BCUT2D eigenvalue weighted by molar-refractivity contribution is 5.91. The lowest BCUT2D eigenvalue weighted by Crippen LogP contribution is -2.15. The van der Waals surface area contributed by atoms with E-state index in [1.807, 2.05) is 6.07 Å². The van der Waals surface area contributed by atoms with E-state index in [1.54, 1.807) is 30.3 Å². The molecular weight excluding hydrogens is 475 g/mol. The van der Waals surface area contributed by atoms with Crippen LogP contribution >= 0.6 is 0 Å². The molecule has 2 aromatic rings. The summed E-state index contributed by atoms with van der Waals surface area (Å²) < 4.78 is 25.8. The second-order valence-electron chi connectivity index (χ2n) is 11.2. The van der Waals surface area contributed by atoms with Gasteiger partial charge in [-0.2, -0.15) is 0 Å². The van der Waals surface area contributed by atoms with Gasteiger partial charge in [0.05, 0.1) is 12.2 Å². The molecule has 3 nitrogen and oxygen atoms in total. The number of benzene rings is 2. The van der Waals surface area contributed by atoms with Crippen molar-refractivity contribution in [2.24, 2.45) is 11.8 Å². The van der Waals surface area contributed by atoms with Gasteiger partial charge < -0.3 is 9.47 Å². The number of carbonyl (C=O) groups is 1. The molecule has 0 atom stereocenters. The maximum absolute atomic E-state index is 14.5. The predicted molar refractivity (Wildman–Crippen MR) is 155 cm³/mol. The van der Waals surface area contributed by atoms with Gasteiger partial charge in [0, 0.05) is 0 Å². The summed E-state index contributed by atoms with van der Waals surface area (Å²) in [6.45, 7) is 5.16. The predicted octanol–water partition coefficient (Wildman–Crippen LogP) is 10.1. The standard InChI is InChI=1S/C34H49FO3/c1-3-5-7-8-10-13-29-19-24-33(32(35)26-29)38-34(36)30-20-22-31(23-21-30)37-25-11-14-28-17-15-27(16-18-28)12-9-6-4-2/h19-24,26-28H,3-18,25H2,1-2H3. The zero-order chi connectivity index (χ0) is 27.0. The van der Waals surface area contributed by atoms with E-state index in [-0.39, 0.29) is 5.75 Å². The van der Waals surface area contributed by atoms with Gasteiger partial charge in [-0.25, -0.2) is 9.18 Å². The first-order valence-corrected chi connectivity index (χ1v) is 15.3. The Bertz CT molecular complexity index is 931. The Kier molecular flexibility index (Phi) is 13.7. The number of ether oxygens (including phenoxy) is 2. The van der Waals surface area contributed by atoms with E-state index in [0.717, 1.165) is 48.8 Å². The van der Waals surface area contributed by atoms with Gasteiger partial charge in [-0.1, -0.05) is 97.0 Å². The summed E-state index contributed by atoms with van der Waals surface area (Å²) >= 11 is 0. The molecule has 1 fully saturated rings. The van der Waals surface area contributed by atoms with Gasteiger partial charge in [0.2, 0.25) is 0 Å². The van der Waals surface area contributed by atoms with Crippen LogP contribution in [0.5, 0.6) is 11.5 Å². The van der Waals surface area contributed by atoms with E-state index in [4.69, 9.17) is 9.47 Å². The number of hydrogen-bond acceptors (Lipinski definition) is 3. The molecule has 1 aliphatic rings. The van der Waals surface area contributed by atoms with Crippen LogP contribution in [0.1, 0.15) is 126 Å². The van der Waals surface area contributed by atoms with Gasteiger partial charge in [-0.05, 0) is 79.5 Å². The average Bonchev–Trinajstić information content (AvgIpc) is 2.93. The zero-order valence-electron chi connectivity index (χ0n) is 23.8. The highest BCUT2D eigenvalue weighted by atomic mass is 19.1. The Hall–Kier alpha value is -2.36. The van der Waals surface area contributed by atoms with E-state index in [0.29, 0.717) is 12.2 Å². The molecule has 4 heteroatoms. The summed E-state index contributed by atoms with van der Waals surface area (Å²) in [7, 11) is 0. The molecule has 0 bridgehead atoms. The molecule has 0 heterocycles. The van der Waals surface area contributed by atoms with E-state index < -0.39 is 11.8 Å². The van der Waals surface area contributed by atoms with Crippen LogP contribution in [0.4, 0.5) is 4.39 Å². The fourth-order valence-electron chi connectivity index (χ4n) is 5.62. The molecule has 0 aliphatic heterocycles. The average molecular weight is 525 g/mol. The Morgan fingerprint density at radius 3 is 2.08 bits per heavy atom. The van der Waals surface area contributed by atoms with Crippen molar-refractivity contribution in [1.82, 2.24) is 0 Å². The largest absolute Gasteiger partial charge is 0.494 e.